The highest BCUT2D eigenvalue weighted by Gasteiger charge is 2.40. The van der Waals surface area contributed by atoms with Crippen molar-refractivity contribution in [1.29, 1.82) is 0 Å². The SMILES string of the molecule is O=C(OCCCOc1ccc(Br)cc1)c1cc(NC(=O)C(F)(F)F)cc(NC(=O)C(F)(F)F)c1. The molecule has 7 nitrogen and oxygen atoms in total. The van der Waals surface area contributed by atoms with Gasteiger partial charge in [-0.1, -0.05) is 15.9 Å². The molecule has 0 saturated carbocycles. The Hall–Kier alpha value is -3.29. The highest BCUT2D eigenvalue weighted by atomic mass is 79.9. The quantitative estimate of drug-likeness (QED) is 0.269. The van der Waals surface area contributed by atoms with Crippen LogP contribution in [0.3, 0.4) is 0 Å². The second-order valence-corrected chi connectivity index (χ2v) is 7.41. The van der Waals surface area contributed by atoms with E-state index in [4.69, 9.17) is 9.47 Å². The van der Waals surface area contributed by atoms with Gasteiger partial charge in [0.05, 0.1) is 18.8 Å². The van der Waals surface area contributed by atoms with Crippen LogP contribution in [-0.2, 0) is 14.3 Å². The lowest BCUT2D eigenvalue weighted by Gasteiger charge is -2.13. The smallest absolute Gasteiger partial charge is 0.471 e. The third-order valence-electron chi connectivity index (χ3n) is 3.80. The minimum Gasteiger partial charge on any atom is -0.493 e. The lowest BCUT2D eigenvalue weighted by Crippen LogP contribution is -2.31. The van der Waals surface area contributed by atoms with Gasteiger partial charge in [0.15, 0.2) is 0 Å². The van der Waals surface area contributed by atoms with E-state index in [1.807, 2.05) is 0 Å². The second-order valence-electron chi connectivity index (χ2n) is 6.49. The number of amides is 2. The lowest BCUT2D eigenvalue weighted by atomic mass is 10.1. The van der Waals surface area contributed by atoms with Gasteiger partial charge >= 0.3 is 30.1 Å². The molecule has 2 rings (SSSR count). The summed E-state index contributed by atoms with van der Waals surface area (Å²) >= 11 is 3.26. The molecule has 2 aromatic carbocycles. The molecule has 34 heavy (non-hydrogen) atoms. The first kappa shape index (κ1) is 27.0. The topological polar surface area (TPSA) is 93.7 Å². The van der Waals surface area contributed by atoms with Crippen molar-refractivity contribution in [2.45, 2.75) is 18.8 Å². The van der Waals surface area contributed by atoms with E-state index in [2.05, 4.69) is 15.9 Å². The summed E-state index contributed by atoms with van der Waals surface area (Å²) in [7, 11) is 0. The first-order chi connectivity index (χ1) is 15.8. The van der Waals surface area contributed by atoms with E-state index in [0.29, 0.717) is 11.8 Å². The zero-order valence-electron chi connectivity index (χ0n) is 16.8. The normalized spacial score (nSPS) is 11.5. The predicted octanol–water partition coefficient (Wildman–Crippen LogP) is 5.08. The molecule has 0 atom stereocenters. The molecule has 0 aliphatic heterocycles. The maximum Gasteiger partial charge on any atom is 0.471 e. The minimum absolute atomic E-state index is 0.142. The van der Waals surface area contributed by atoms with Gasteiger partial charge in [0.2, 0.25) is 0 Å². The Morgan fingerprint density at radius 2 is 1.29 bits per heavy atom. The molecule has 0 heterocycles. The summed E-state index contributed by atoms with van der Waals surface area (Å²) in [6, 6.07) is 9.00. The third kappa shape index (κ3) is 8.57. The fourth-order valence-electron chi connectivity index (χ4n) is 2.32. The van der Waals surface area contributed by atoms with Gasteiger partial charge in [0, 0.05) is 22.3 Å². The van der Waals surface area contributed by atoms with Crippen molar-refractivity contribution in [3.8, 4) is 5.75 Å². The van der Waals surface area contributed by atoms with Crippen molar-refractivity contribution >= 4 is 45.1 Å². The van der Waals surface area contributed by atoms with E-state index < -0.39 is 47.1 Å². The minimum atomic E-state index is -5.30. The molecular formula is C20H15BrF6N2O5. The third-order valence-corrected chi connectivity index (χ3v) is 4.33. The van der Waals surface area contributed by atoms with Crippen molar-refractivity contribution in [2.24, 2.45) is 0 Å². The summed E-state index contributed by atoms with van der Waals surface area (Å²) in [4.78, 5) is 34.5. The van der Waals surface area contributed by atoms with Crippen LogP contribution in [0.25, 0.3) is 0 Å². The van der Waals surface area contributed by atoms with E-state index >= 15 is 0 Å². The number of benzene rings is 2. The number of nitrogens with one attached hydrogen (secondary N) is 2. The molecule has 0 saturated heterocycles. The van der Waals surface area contributed by atoms with Crippen molar-refractivity contribution < 1.29 is 50.2 Å². The van der Waals surface area contributed by atoms with E-state index in [1.165, 1.54) is 10.6 Å². The highest BCUT2D eigenvalue weighted by molar-refractivity contribution is 9.10. The van der Waals surface area contributed by atoms with Crippen LogP contribution in [0.2, 0.25) is 0 Å². The van der Waals surface area contributed by atoms with Crippen LogP contribution in [0, 0.1) is 0 Å². The second kappa shape index (κ2) is 11.2. The summed E-state index contributed by atoms with van der Waals surface area (Å²) in [5.41, 5.74) is -1.88. The molecule has 184 valence electrons. The zero-order valence-corrected chi connectivity index (χ0v) is 18.4. The van der Waals surface area contributed by atoms with Crippen LogP contribution in [0.4, 0.5) is 37.7 Å². The molecule has 0 aliphatic carbocycles. The predicted molar refractivity (Wildman–Crippen MR) is 110 cm³/mol. The maximum atomic E-state index is 12.5. The van der Waals surface area contributed by atoms with Gasteiger partial charge in [-0.25, -0.2) is 4.79 Å². The molecule has 0 fully saturated rings. The molecule has 0 bridgehead atoms. The molecule has 0 unspecified atom stereocenters. The van der Waals surface area contributed by atoms with Gasteiger partial charge in [-0.05, 0) is 42.5 Å². The Morgan fingerprint density at radius 3 is 1.76 bits per heavy atom. The Labute approximate surface area is 196 Å². The van der Waals surface area contributed by atoms with Crippen LogP contribution in [0.5, 0.6) is 5.75 Å². The molecule has 2 N–H and O–H groups in total. The number of ether oxygens (including phenoxy) is 2. The zero-order chi connectivity index (χ0) is 25.5. The molecule has 2 amide bonds. The molecule has 14 heteroatoms. The summed E-state index contributed by atoms with van der Waals surface area (Å²) in [6.45, 7) is -0.0533. The molecule has 0 radical (unpaired) electrons. The number of hydrogen-bond acceptors (Lipinski definition) is 5. The molecule has 0 aromatic heterocycles. The van der Waals surface area contributed by atoms with Crippen LogP contribution in [0.1, 0.15) is 16.8 Å². The monoisotopic (exact) mass is 556 g/mol. The number of carbonyl (C=O) groups excluding carboxylic acids is 3. The first-order valence-corrected chi connectivity index (χ1v) is 10.0. The molecular weight excluding hydrogens is 542 g/mol. The van der Waals surface area contributed by atoms with Gasteiger partial charge in [-0.3, -0.25) is 9.59 Å². The number of halogens is 7. The van der Waals surface area contributed by atoms with Gasteiger partial charge in [0.25, 0.3) is 0 Å². The number of rotatable bonds is 8. The van der Waals surface area contributed by atoms with Crippen molar-refractivity contribution in [3.63, 3.8) is 0 Å². The van der Waals surface area contributed by atoms with Gasteiger partial charge in [-0.15, -0.1) is 0 Å². The standard InChI is InChI=1S/C20H15BrF6N2O5/c21-12-2-4-15(5-3-12)33-6-1-7-34-16(30)11-8-13(28-17(31)19(22,23)24)10-14(9-11)29-18(32)20(25,26)27/h2-5,8-10H,1,6-7H2,(H,28,31)(H,29,32). The largest absolute Gasteiger partial charge is 0.493 e. The summed E-state index contributed by atoms with van der Waals surface area (Å²) in [6.07, 6.45) is -10.4. The number of hydrogen-bond donors (Lipinski definition) is 2. The Balaban J connectivity index is 2.06. The fraction of sp³-hybridized carbons (Fsp3) is 0.250. The Kier molecular flexibility index (Phi) is 8.90. The summed E-state index contributed by atoms with van der Waals surface area (Å²) in [5, 5.41) is 2.80. The van der Waals surface area contributed by atoms with Gasteiger partial charge in [-0.2, -0.15) is 26.3 Å². The Morgan fingerprint density at radius 1 is 0.794 bits per heavy atom. The fourth-order valence-corrected chi connectivity index (χ4v) is 2.59. The number of carbonyl (C=O) groups is 3. The summed E-state index contributed by atoms with van der Waals surface area (Å²) in [5.74, 6) is -5.44. The van der Waals surface area contributed by atoms with Gasteiger partial charge < -0.3 is 20.1 Å². The average Bonchev–Trinajstić information content (AvgIpc) is 2.73. The molecule has 0 aliphatic rings. The van der Waals surface area contributed by atoms with Crippen LogP contribution in [-0.4, -0.2) is 43.4 Å². The van der Waals surface area contributed by atoms with Crippen molar-refractivity contribution in [3.05, 3.63) is 52.5 Å². The van der Waals surface area contributed by atoms with E-state index in [9.17, 15) is 40.7 Å². The van der Waals surface area contributed by atoms with Crippen molar-refractivity contribution in [1.82, 2.24) is 0 Å². The van der Waals surface area contributed by atoms with E-state index in [-0.39, 0.29) is 19.6 Å². The van der Waals surface area contributed by atoms with Gasteiger partial charge in [0.1, 0.15) is 5.75 Å². The number of esters is 1. The molecule has 0 spiro atoms. The highest BCUT2D eigenvalue weighted by Crippen LogP contribution is 2.25. The summed E-state index contributed by atoms with van der Waals surface area (Å²) < 4.78 is 86.2. The molecule has 2 aromatic rings. The first-order valence-electron chi connectivity index (χ1n) is 9.22. The van der Waals surface area contributed by atoms with E-state index in [1.54, 1.807) is 24.3 Å². The number of alkyl halides is 6. The van der Waals surface area contributed by atoms with Crippen LogP contribution < -0.4 is 15.4 Å². The average molecular weight is 557 g/mol. The maximum absolute atomic E-state index is 12.5. The van der Waals surface area contributed by atoms with E-state index in [0.717, 1.165) is 16.6 Å². The van der Waals surface area contributed by atoms with Crippen LogP contribution >= 0.6 is 15.9 Å². The number of anilines is 2. The Bertz CT molecular complexity index is 995. The van der Waals surface area contributed by atoms with Crippen LogP contribution in [0.15, 0.2) is 46.9 Å². The van der Waals surface area contributed by atoms with Crippen molar-refractivity contribution in [2.75, 3.05) is 23.8 Å². The lowest BCUT2D eigenvalue weighted by molar-refractivity contribution is -0.167.